The van der Waals surface area contributed by atoms with Gasteiger partial charge < -0.3 is 10.2 Å². The van der Waals surface area contributed by atoms with E-state index in [1.165, 1.54) is 0 Å². The number of carbonyl (C=O) groups excluding carboxylic acids is 2. The van der Waals surface area contributed by atoms with Crippen LogP contribution in [0.3, 0.4) is 0 Å². The van der Waals surface area contributed by atoms with Crippen LogP contribution in [0.25, 0.3) is 0 Å². The summed E-state index contributed by atoms with van der Waals surface area (Å²) in [6.07, 6.45) is 1.68. The molecule has 2 aromatic carbocycles. The molecule has 0 aliphatic rings. The van der Waals surface area contributed by atoms with Crippen LogP contribution in [0.5, 0.6) is 0 Å². The fourth-order valence-corrected chi connectivity index (χ4v) is 3.14. The van der Waals surface area contributed by atoms with Crippen molar-refractivity contribution in [3.8, 4) is 0 Å². The fraction of sp³-hybridized carbons (Fsp3) is 0.417. The van der Waals surface area contributed by atoms with E-state index < -0.39 is 6.04 Å². The number of hydrogen-bond acceptors (Lipinski definition) is 2. The van der Waals surface area contributed by atoms with Gasteiger partial charge in [-0.15, -0.1) is 0 Å². The summed E-state index contributed by atoms with van der Waals surface area (Å²) in [5.41, 5.74) is 1.70. The first-order valence-electron chi connectivity index (χ1n) is 9.99. The number of rotatable bonds is 8. The molecule has 28 heavy (non-hydrogen) atoms. The summed E-state index contributed by atoms with van der Waals surface area (Å²) < 4.78 is 0. The third-order valence-electron chi connectivity index (χ3n) is 4.43. The molecular weight excluding hydrogens is 348 g/mol. The highest BCUT2D eigenvalue weighted by molar-refractivity contribution is 5.88. The molecule has 2 rings (SSSR count). The Labute approximate surface area is 169 Å². The number of nitrogens with one attached hydrogen (secondary N) is 1. The predicted molar refractivity (Wildman–Crippen MR) is 114 cm³/mol. The van der Waals surface area contributed by atoms with Crippen LogP contribution in [0.2, 0.25) is 0 Å². The van der Waals surface area contributed by atoms with Crippen molar-refractivity contribution in [3.63, 3.8) is 0 Å². The topological polar surface area (TPSA) is 49.4 Å². The van der Waals surface area contributed by atoms with Crippen LogP contribution in [0, 0.1) is 0 Å². The smallest absolute Gasteiger partial charge is 0.243 e. The molecule has 4 heteroatoms. The van der Waals surface area contributed by atoms with Gasteiger partial charge in [-0.25, -0.2) is 0 Å². The summed E-state index contributed by atoms with van der Waals surface area (Å²) in [7, 11) is 0. The zero-order valence-electron chi connectivity index (χ0n) is 17.4. The van der Waals surface area contributed by atoms with E-state index in [9.17, 15) is 9.59 Å². The first kappa shape index (κ1) is 21.7. The van der Waals surface area contributed by atoms with E-state index in [2.05, 4.69) is 5.32 Å². The molecule has 0 fully saturated rings. The summed E-state index contributed by atoms with van der Waals surface area (Å²) in [6.45, 7) is 8.29. The van der Waals surface area contributed by atoms with Crippen molar-refractivity contribution in [2.75, 3.05) is 0 Å². The van der Waals surface area contributed by atoms with Crippen LogP contribution in [0.15, 0.2) is 60.7 Å². The molecule has 0 unspecified atom stereocenters. The number of benzene rings is 2. The van der Waals surface area contributed by atoms with Crippen LogP contribution in [0.4, 0.5) is 0 Å². The van der Waals surface area contributed by atoms with Gasteiger partial charge in [-0.2, -0.15) is 0 Å². The van der Waals surface area contributed by atoms with Gasteiger partial charge in [-0.3, -0.25) is 9.59 Å². The average Bonchev–Trinajstić information content (AvgIpc) is 2.65. The molecular formula is C24H32N2O2. The molecule has 0 saturated heterocycles. The number of hydrogen-bond donors (Lipinski definition) is 1. The predicted octanol–water partition coefficient (Wildman–Crippen LogP) is 4.34. The lowest BCUT2D eigenvalue weighted by Gasteiger charge is -2.34. The van der Waals surface area contributed by atoms with Crippen molar-refractivity contribution in [1.29, 1.82) is 0 Å². The third kappa shape index (κ3) is 6.84. The minimum absolute atomic E-state index is 0.0105. The van der Waals surface area contributed by atoms with E-state index in [1.807, 2.05) is 88.4 Å². The lowest BCUT2D eigenvalue weighted by Crippen LogP contribution is -2.54. The summed E-state index contributed by atoms with van der Waals surface area (Å²) in [5, 5.41) is 3.07. The maximum atomic E-state index is 13.2. The lowest BCUT2D eigenvalue weighted by atomic mass is 10.0. The Morgan fingerprint density at radius 3 is 1.96 bits per heavy atom. The average molecular weight is 381 g/mol. The van der Waals surface area contributed by atoms with Gasteiger partial charge in [0.1, 0.15) is 6.04 Å². The number of nitrogens with zero attached hydrogens (tertiary/aromatic N) is 1. The largest absolute Gasteiger partial charge is 0.350 e. The van der Waals surface area contributed by atoms with Crippen molar-refractivity contribution in [1.82, 2.24) is 10.2 Å². The van der Waals surface area contributed by atoms with Gasteiger partial charge in [0.05, 0.1) is 0 Å². The van der Waals surface area contributed by atoms with Gasteiger partial charge in [0, 0.05) is 24.9 Å². The Morgan fingerprint density at radius 1 is 0.929 bits per heavy atom. The SMILES string of the molecule is CCCC(=O)N(Cc1ccccc1)[C@@H](Cc1ccccc1)C(=O)NC(C)(C)C. The van der Waals surface area contributed by atoms with E-state index in [0.717, 1.165) is 17.5 Å². The summed E-state index contributed by atoms with van der Waals surface area (Å²) in [4.78, 5) is 27.9. The van der Waals surface area contributed by atoms with Gasteiger partial charge in [-0.1, -0.05) is 67.6 Å². The molecule has 4 nitrogen and oxygen atoms in total. The number of carbonyl (C=O) groups is 2. The Morgan fingerprint density at radius 2 is 1.46 bits per heavy atom. The van der Waals surface area contributed by atoms with Crippen molar-refractivity contribution in [2.24, 2.45) is 0 Å². The minimum atomic E-state index is -0.555. The van der Waals surface area contributed by atoms with Crippen LogP contribution in [0.1, 0.15) is 51.7 Å². The monoisotopic (exact) mass is 380 g/mol. The van der Waals surface area contributed by atoms with E-state index >= 15 is 0 Å². The highest BCUT2D eigenvalue weighted by Crippen LogP contribution is 2.17. The fourth-order valence-electron chi connectivity index (χ4n) is 3.14. The zero-order chi connectivity index (χ0) is 20.6. The maximum Gasteiger partial charge on any atom is 0.243 e. The Balaban J connectivity index is 2.37. The molecule has 2 aromatic rings. The van der Waals surface area contributed by atoms with E-state index in [1.54, 1.807) is 4.90 Å². The van der Waals surface area contributed by atoms with Crippen LogP contribution in [-0.4, -0.2) is 28.3 Å². The Hall–Kier alpha value is -2.62. The molecule has 150 valence electrons. The van der Waals surface area contributed by atoms with E-state index in [4.69, 9.17) is 0 Å². The molecule has 0 spiro atoms. The van der Waals surface area contributed by atoms with Gasteiger partial charge in [0.15, 0.2) is 0 Å². The lowest BCUT2D eigenvalue weighted by molar-refractivity contribution is -0.142. The van der Waals surface area contributed by atoms with Crippen LogP contribution in [-0.2, 0) is 22.6 Å². The molecule has 0 heterocycles. The first-order chi connectivity index (χ1) is 13.3. The molecule has 0 aromatic heterocycles. The summed E-state index contributed by atoms with van der Waals surface area (Å²) in [6, 6.07) is 19.2. The van der Waals surface area contributed by atoms with Crippen LogP contribution >= 0.6 is 0 Å². The second-order valence-corrected chi connectivity index (χ2v) is 8.20. The highest BCUT2D eigenvalue weighted by Gasteiger charge is 2.31. The quantitative estimate of drug-likeness (QED) is 0.740. The molecule has 0 bridgehead atoms. The van der Waals surface area contributed by atoms with Crippen molar-refractivity contribution in [2.45, 2.75) is 65.1 Å². The van der Waals surface area contributed by atoms with Gasteiger partial charge in [0.25, 0.3) is 0 Å². The Bertz CT molecular complexity index is 751. The van der Waals surface area contributed by atoms with E-state index in [-0.39, 0.29) is 17.4 Å². The molecule has 1 atom stereocenters. The van der Waals surface area contributed by atoms with Crippen LogP contribution < -0.4 is 5.32 Å². The normalized spacial score (nSPS) is 12.3. The standard InChI is InChI=1S/C24H32N2O2/c1-5-12-22(27)26(18-20-15-10-7-11-16-20)21(23(28)25-24(2,3)4)17-19-13-8-6-9-14-19/h6-11,13-16,21H,5,12,17-18H2,1-4H3,(H,25,28)/t21-/m0/s1. The Kier molecular flexibility index (Phi) is 7.80. The third-order valence-corrected chi connectivity index (χ3v) is 4.43. The molecule has 0 radical (unpaired) electrons. The summed E-state index contributed by atoms with van der Waals surface area (Å²) in [5.74, 6) is -0.104. The number of amides is 2. The molecule has 0 aliphatic heterocycles. The molecule has 2 amide bonds. The second-order valence-electron chi connectivity index (χ2n) is 8.20. The van der Waals surface area contributed by atoms with Crippen molar-refractivity contribution >= 4 is 11.8 Å². The van der Waals surface area contributed by atoms with Gasteiger partial charge in [-0.05, 0) is 38.3 Å². The molecule has 0 aliphatic carbocycles. The molecule has 0 saturated carbocycles. The van der Waals surface area contributed by atoms with Crippen molar-refractivity contribution < 1.29 is 9.59 Å². The maximum absolute atomic E-state index is 13.2. The highest BCUT2D eigenvalue weighted by atomic mass is 16.2. The van der Waals surface area contributed by atoms with Gasteiger partial charge >= 0.3 is 0 Å². The van der Waals surface area contributed by atoms with E-state index in [0.29, 0.717) is 19.4 Å². The second kappa shape index (κ2) is 10.1. The van der Waals surface area contributed by atoms with Gasteiger partial charge in [0.2, 0.25) is 11.8 Å². The summed E-state index contributed by atoms with van der Waals surface area (Å²) >= 11 is 0. The van der Waals surface area contributed by atoms with Crippen molar-refractivity contribution in [3.05, 3.63) is 71.8 Å². The molecule has 1 N–H and O–H groups in total. The zero-order valence-corrected chi connectivity index (χ0v) is 17.4. The first-order valence-corrected chi connectivity index (χ1v) is 9.99. The minimum Gasteiger partial charge on any atom is -0.350 e.